The molecule has 2 atom stereocenters. The summed E-state index contributed by atoms with van der Waals surface area (Å²) in [4.78, 5) is 22.4. The molecule has 3 aromatic heterocycles. The number of alkyl carbamates (subject to hydrolysis) is 1. The van der Waals surface area contributed by atoms with Crippen LogP contribution in [0.25, 0.3) is 5.69 Å². The minimum Gasteiger partial charge on any atom is -0.444 e. The average Bonchev–Trinajstić information content (AvgIpc) is 3.61. The lowest BCUT2D eigenvalue weighted by atomic mass is 10.0. The first-order valence-corrected chi connectivity index (χ1v) is 12.4. The van der Waals surface area contributed by atoms with Gasteiger partial charge in [-0.1, -0.05) is 0 Å². The van der Waals surface area contributed by atoms with E-state index in [2.05, 4.69) is 36.1 Å². The molecule has 0 aromatic carbocycles. The fraction of sp³-hybridized carbons (Fsp3) is 0.462. The summed E-state index contributed by atoms with van der Waals surface area (Å²) in [5.41, 5.74) is 2.13. The number of ether oxygens (including phenoxy) is 1. The first-order valence-electron chi connectivity index (χ1n) is 12.4. The molecule has 0 aliphatic heterocycles. The van der Waals surface area contributed by atoms with Crippen LogP contribution in [0.1, 0.15) is 57.5 Å². The summed E-state index contributed by atoms with van der Waals surface area (Å²) in [5, 5.41) is 27.4. The second kappa shape index (κ2) is 10.6. The number of hydrogen-bond acceptors (Lipinski definition) is 9. The first-order chi connectivity index (χ1) is 17.9. The Labute approximate surface area is 220 Å². The Bertz CT molecular complexity index is 1350. The molecule has 12 heteroatoms. The molecule has 0 unspecified atom stereocenters. The van der Waals surface area contributed by atoms with Crippen molar-refractivity contribution in [1.82, 2.24) is 30.3 Å². The highest BCUT2D eigenvalue weighted by Gasteiger charge is 2.37. The zero-order valence-electron chi connectivity index (χ0n) is 22.3. The van der Waals surface area contributed by atoms with Crippen LogP contribution in [0.2, 0.25) is 0 Å². The smallest absolute Gasteiger partial charge is 0.407 e. The quantitative estimate of drug-likeness (QED) is 0.389. The molecule has 3 aromatic rings. The third-order valence-corrected chi connectivity index (χ3v) is 6.04. The van der Waals surface area contributed by atoms with Crippen LogP contribution in [0.3, 0.4) is 0 Å². The first kappa shape index (κ1) is 26.8. The number of nitriles is 1. The molecule has 11 nitrogen and oxygen atoms in total. The van der Waals surface area contributed by atoms with Crippen LogP contribution in [0.5, 0.6) is 0 Å². The zero-order valence-corrected chi connectivity index (χ0v) is 22.3. The minimum absolute atomic E-state index is 0.0228. The van der Waals surface area contributed by atoms with E-state index in [9.17, 15) is 10.1 Å². The van der Waals surface area contributed by atoms with Crippen molar-refractivity contribution >= 4 is 23.4 Å². The Morgan fingerprint density at radius 3 is 2.47 bits per heavy atom. The molecule has 0 saturated heterocycles. The van der Waals surface area contributed by atoms with Gasteiger partial charge in [0.05, 0.1) is 41.1 Å². The van der Waals surface area contributed by atoms with Gasteiger partial charge in [0.15, 0.2) is 17.5 Å². The number of hydrogen-bond donors (Lipinski definition) is 3. The maximum Gasteiger partial charge on any atom is 0.407 e. The van der Waals surface area contributed by atoms with Crippen molar-refractivity contribution in [3.05, 3.63) is 47.3 Å². The van der Waals surface area contributed by atoms with E-state index < -0.39 is 17.5 Å². The van der Waals surface area contributed by atoms with Gasteiger partial charge in [0.2, 0.25) is 0 Å². The predicted octanol–water partition coefficient (Wildman–Crippen LogP) is 4.53. The second-order valence-corrected chi connectivity index (χ2v) is 10.5. The van der Waals surface area contributed by atoms with Gasteiger partial charge < -0.3 is 20.7 Å². The van der Waals surface area contributed by atoms with E-state index in [4.69, 9.17) is 4.74 Å². The van der Waals surface area contributed by atoms with Crippen LogP contribution in [-0.4, -0.2) is 48.7 Å². The van der Waals surface area contributed by atoms with Gasteiger partial charge in [-0.25, -0.2) is 14.2 Å². The van der Waals surface area contributed by atoms with Gasteiger partial charge in [-0.15, -0.1) is 4.80 Å². The molecule has 4 rings (SSSR count). The van der Waals surface area contributed by atoms with Crippen LogP contribution in [0.15, 0.2) is 24.5 Å². The summed E-state index contributed by atoms with van der Waals surface area (Å²) in [6, 6.07) is 4.22. The standard InChI is InChI=1S/C26H32FN9O2/c1-14-15(2)35-36(34-14)20-10-19(12-29-13-20)31-23-18(11-28)9-21(27)24(33-23)32-22(17-7-8-17)16(3)30-25(37)38-26(4,5)6/h9-10,12-13,16-17,22H,7-8H2,1-6H3,(H,30,37)(H2,31,32,33)/t16-,22-/m0/s1. The van der Waals surface area contributed by atoms with E-state index >= 15 is 4.39 Å². The largest absolute Gasteiger partial charge is 0.444 e. The number of aromatic nitrogens is 5. The number of anilines is 3. The number of amides is 1. The van der Waals surface area contributed by atoms with Crippen molar-refractivity contribution in [3.63, 3.8) is 0 Å². The van der Waals surface area contributed by atoms with Crippen molar-refractivity contribution in [2.45, 2.75) is 72.1 Å². The highest BCUT2D eigenvalue weighted by Crippen LogP contribution is 2.36. The lowest BCUT2D eigenvalue weighted by Crippen LogP contribution is -2.47. The molecule has 3 N–H and O–H groups in total. The molecule has 3 heterocycles. The molecule has 0 radical (unpaired) electrons. The number of nitrogens with zero attached hydrogens (tertiary/aromatic N) is 6. The van der Waals surface area contributed by atoms with Gasteiger partial charge in [0.1, 0.15) is 17.4 Å². The molecule has 38 heavy (non-hydrogen) atoms. The van der Waals surface area contributed by atoms with Crippen LogP contribution < -0.4 is 16.0 Å². The highest BCUT2D eigenvalue weighted by molar-refractivity contribution is 5.68. The maximum atomic E-state index is 15.0. The summed E-state index contributed by atoms with van der Waals surface area (Å²) in [5.74, 6) is -0.285. The van der Waals surface area contributed by atoms with Gasteiger partial charge in [0.25, 0.3) is 0 Å². The number of carbonyl (C=O) groups is 1. The Balaban J connectivity index is 1.56. The fourth-order valence-electron chi connectivity index (χ4n) is 3.93. The third kappa shape index (κ3) is 6.53. The monoisotopic (exact) mass is 521 g/mol. The lowest BCUT2D eigenvalue weighted by molar-refractivity contribution is 0.0501. The van der Waals surface area contributed by atoms with Gasteiger partial charge in [-0.2, -0.15) is 15.5 Å². The van der Waals surface area contributed by atoms with Crippen molar-refractivity contribution in [2.75, 3.05) is 10.6 Å². The van der Waals surface area contributed by atoms with Crippen molar-refractivity contribution in [1.29, 1.82) is 5.26 Å². The SMILES string of the molecule is Cc1nn(-c2cncc(Nc3nc(N[C@H](C4CC4)[C@H](C)NC(=O)OC(C)(C)C)c(F)cc3C#N)c2)nc1C. The fourth-order valence-corrected chi connectivity index (χ4v) is 3.93. The average molecular weight is 522 g/mol. The minimum atomic E-state index is -0.666. The normalized spacial score (nSPS) is 14.8. The molecular weight excluding hydrogens is 489 g/mol. The number of carbonyl (C=O) groups excluding carboxylic acids is 1. The molecule has 0 spiro atoms. The Hall–Kier alpha value is -4.27. The Morgan fingerprint density at radius 2 is 1.87 bits per heavy atom. The second-order valence-electron chi connectivity index (χ2n) is 10.5. The summed E-state index contributed by atoms with van der Waals surface area (Å²) >= 11 is 0. The summed E-state index contributed by atoms with van der Waals surface area (Å²) < 4.78 is 20.4. The summed E-state index contributed by atoms with van der Waals surface area (Å²) in [6.07, 6.45) is 4.52. The molecule has 1 saturated carbocycles. The van der Waals surface area contributed by atoms with Gasteiger partial charge >= 0.3 is 6.09 Å². The van der Waals surface area contributed by atoms with Gasteiger partial charge in [-0.05, 0) is 72.4 Å². The molecule has 0 bridgehead atoms. The van der Waals surface area contributed by atoms with Crippen molar-refractivity contribution < 1.29 is 13.9 Å². The van der Waals surface area contributed by atoms with E-state index in [0.717, 1.165) is 30.3 Å². The topological polar surface area (TPSA) is 143 Å². The van der Waals surface area contributed by atoms with E-state index in [1.807, 2.05) is 26.8 Å². The predicted molar refractivity (Wildman–Crippen MR) is 140 cm³/mol. The summed E-state index contributed by atoms with van der Waals surface area (Å²) in [7, 11) is 0. The molecule has 200 valence electrons. The lowest BCUT2D eigenvalue weighted by Gasteiger charge is -2.28. The summed E-state index contributed by atoms with van der Waals surface area (Å²) in [6.45, 7) is 10.9. The van der Waals surface area contributed by atoms with Crippen LogP contribution in [0, 0.1) is 36.9 Å². The van der Waals surface area contributed by atoms with E-state index in [1.54, 1.807) is 39.2 Å². The van der Waals surface area contributed by atoms with E-state index in [0.29, 0.717) is 11.4 Å². The molecule has 1 amide bonds. The van der Waals surface area contributed by atoms with Crippen LogP contribution in [-0.2, 0) is 4.74 Å². The Kier molecular flexibility index (Phi) is 7.48. The molecule has 1 fully saturated rings. The molecular formula is C26H32FN9O2. The van der Waals surface area contributed by atoms with Gasteiger partial charge in [-0.3, -0.25) is 4.98 Å². The van der Waals surface area contributed by atoms with Crippen LogP contribution in [0.4, 0.5) is 26.5 Å². The van der Waals surface area contributed by atoms with E-state index in [1.165, 1.54) is 4.80 Å². The van der Waals surface area contributed by atoms with Crippen LogP contribution >= 0.6 is 0 Å². The van der Waals surface area contributed by atoms with Crippen molar-refractivity contribution in [2.24, 2.45) is 5.92 Å². The zero-order chi connectivity index (χ0) is 27.6. The number of pyridine rings is 2. The number of aryl methyl sites for hydroxylation is 2. The maximum absolute atomic E-state index is 15.0. The van der Waals surface area contributed by atoms with Gasteiger partial charge in [0, 0.05) is 6.04 Å². The van der Waals surface area contributed by atoms with Crippen molar-refractivity contribution in [3.8, 4) is 11.8 Å². The highest BCUT2D eigenvalue weighted by atomic mass is 19.1. The molecule has 1 aliphatic carbocycles. The number of halogens is 1. The number of nitrogens with one attached hydrogen (secondary N) is 3. The molecule has 1 aliphatic rings. The van der Waals surface area contributed by atoms with E-state index in [-0.39, 0.29) is 35.2 Å². The number of rotatable bonds is 8. The third-order valence-electron chi connectivity index (χ3n) is 6.04. The Morgan fingerprint density at radius 1 is 1.18 bits per heavy atom.